The second kappa shape index (κ2) is 11.0. The fourth-order valence-electron chi connectivity index (χ4n) is 3.32. The van der Waals surface area contributed by atoms with Gasteiger partial charge in [0.15, 0.2) is 6.61 Å². The van der Waals surface area contributed by atoms with Crippen LogP contribution in [0.25, 0.3) is 11.8 Å². The third-order valence-electron chi connectivity index (χ3n) is 4.82. The van der Waals surface area contributed by atoms with E-state index in [0.717, 1.165) is 22.0 Å². The molecular weight excluding hydrogens is 456 g/mol. The number of nitrogens with one attached hydrogen (secondary N) is 1. The molecule has 1 aromatic heterocycles. The minimum Gasteiger partial charge on any atom is -0.451 e. The van der Waals surface area contributed by atoms with E-state index in [2.05, 4.69) is 5.32 Å². The number of halogens is 1. The second-order valence-electron chi connectivity index (χ2n) is 8.94. The Labute approximate surface area is 204 Å². The van der Waals surface area contributed by atoms with Gasteiger partial charge in [-0.3, -0.25) is 9.59 Å². The van der Waals surface area contributed by atoms with Gasteiger partial charge in [-0.1, -0.05) is 17.7 Å². The molecule has 9 heteroatoms. The van der Waals surface area contributed by atoms with Crippen molar-refractivity contribution in [2.75, 3.05) is 20.2 Å². The van der Waals surface area contributed by atoms with Gasteiger partial charge in [0.25, 0.3) is 5.91 Å². The Kier molecular flexibility index (Phi) is 8.66. The van der Waals surface area contributed by atoms with E-state index >= 15 is 0 Å². The SMILES string of the molecule is Cc1cc(C=C(C#N)C(=O)OCC(=O)N(C)CC(=O)NC(C)(C)C)c(C)n1-c1cccc(Cl)c1. The Morgan fingerprint density at radius 1 is 1.24 bits per heavy atom. The van der Waals surface area contributed by atoms with E-state index in [1.807, 2.05) is 69.5 Å². The van der Waals surface area contributed by atoms with Crippen molar-refractivity contribution in [2.45, 2.75) is 40.2 Å². The first-order valence-corrected chi connectivity index (χ1v) is 11.0. The zero-order valence-electron chi connectivity index (χ0n) is 20.2. The van der Waals surface area contributed by atoms with Crippen LogP contribution in [0.5, 0.6) is 0 Å². The van der Waals surface area contributed by atoms with Gasteiger partial charge in [-0.15, -0.1) is 0 Å². The number of carbonyl (C=O) groups is 3. The molecule has 0 aliphatic carbocycles. The summed E-state index contributed by atoms with van der Waals surface area (Å²) in [6.07, 6.45) is 1.43. The van der Waals surface area contributed by atoms with Crippen LogP contribution in [0, 0.1) is 25.2 Å². The third-order valence-corrected chi connectivity index (χ3v) is 5.06. The fourth-order valence-corrected chi connectivity index (χ4v) is 3.50. The summed E-state index contributed by atoms with van der Waals surface area (Å²) in [6, 6.07) is 11.0. The number of hydrogen-bond acceptors (Lipinski definition) is 5. The number of esters is 1. The summed E-state index contributed by atoms with van der Waals surface area (Å²) in [7, 11) is 1.43. The molecule has 0 aliphatic rings. The predicted octanol–water partition coefficient (Wildman–Crippen LogP) is 3.57. The number of nitrogens with zero attached hydrogens (tertiary/aromatic N) is 3. The summed E-state index contributed by atoms with van der Waals surface area (Å²) in [5, 5.41) is 12.8. The molecule has 2 amide bonds. The number of likely N-dealkylation sites (N-methyl/N-ethyl adjacent to an activating group) is 1. The Hall–Kier alpha value is -3.57. The van der Waals surface area contributed by atoms with Gasteiger partial charge in [0.1, 0.15) is 11.6 Å². The van der Waals surface area contributed by atoms with Gasteiger partial charge < -0.3 is 19.5 Å². The molecule has 2 aromatic rings. The molecule has 0 fully saturated rings. The first-order chi connectivity index (χ1) is 15.8. The van der Waals surface area contributed by atoms with Crippen LogP contribution >= 0.6 is 11.6 Å². The lowest BCUT2D eigenvalue weighted by Gasteiger charge is -2.23. The third kappa shape index (κ3) is 7.22. The maximum Gasteiger partial charge on any atom is 0.349 e. The molecule has 0 saturated carbocycles. The number of carbonyl (C=O) groups excluding carboxylic acids is 3. The van der Waals surface area contributed by atoms with Crippen molar-refractivity contribution in [1.82, 2.24) is 14.8 Å². The van der Waals surface area contributed by atoms with E-state index in [9.17, 15) is 19.6 Å². The molecule has 0 spiro atoms. The van der Waals surface area contributed by atoms with Crippen LogP contribution < -0.4 is 5.32 Å². The Bertz CT molecular complexity index is 1170. The highest BCUT2D eigenvalue weighted by Crippen LogP contribution is 2.24. The smallest absolute Gasteiger partial charge is 0.349 e. The quantitative estimate of drug-likeness (QED) is 0.367. The average molecular weight is 485 g/mol. The molecule has 0 bridgehead atoms. The normalized spacial score (nSPS) is 11.5. The first kappa shape index (κ1) is 26.7. The Balaban J connectivity index is 2.10. The standard InChI is InChI=1S/C25H29ClN4O4/c1-16-10-18(17(2)30(16)21-9-7-8-20(26)12-21)11-19(13-27)24(33)34-15-23(32)29(6)14-22(31)28-25(3,4)5/h7-12H,14-15H2,1-6H3,(H,28,31). The average Bonchev–Trinajstić information content (AvgIpc) is 3.01. The Morgan fingerprint density at radius 3 is 2.50 bits per heavy atom. The van der Waals surface area contributed by atoms with E-state index < -0.39 is 24.0 Å². The zero-order chi connectivity index (χ0) is 25.6. The molecule has 0 atom stereocenters. The summed E-state index contributed by atoms with van der Waals surface area (Å²) in [5.74, 6) is -1.81. The number of aromatic nitrogens is 1. The molecule has 8 nitrogen and oxygen atoms in total. The minimum absolute atomic E-state index is 0.176. The first-order valence-electron chi connectivity index (χ1n) is 10.6. The largest absolute Gasteiger partial charge is 0.451 e. The number of ether oxygens (including phenoxy) is 1. The van der Waals surface area contributed by atoms with Gasteiger partial charge in [-0.25, -0.2) is 4.79 Å². The predicted molar refractivity (Wildman–Crippen MR) is 130 cm³/mol. The van der Waals surface area contributed by atoms with Crippen LogP contribution in [0.2, 0.25) is 5.02 Å². The molecule has 0 aliphatic heterocycles. The van der Waals surface area contributed by atoms with Gasteiger partial charge in [-0.2, -0.15) is 5.26 Å². The van der Waals surface area contributed by atoms with E-state index in [1.165, 1.54) is 13.1 Å². The number of benzene rings is 1. The highest BCUT2D eigenvalue weighted by molar-refractivity contribution is 6.30. The molecule has 1 N–H and O–H groups in total. The van der Waals surface area contributed by atoms with Crippen LogP contribution in [0.4, 0.5) is 0 Å². The van der Waals surface area contributed by atoms with Crippen molar-refractivity contribution in [1.29, 1.82) is 5.26 Å². The lowest BCUT2D eigenvalue weighted by Crippen LogP contribution is -2.46. The fraction of sp³-hybridized carbons (Fsp3) is 0.360. The van der Waals surface area contributed by atoms with Crippen LogP contribution in [-0.4, -0.2) is 53.0 Å². The minimum atomic E-state index is -0.920. The van der Waals surface area contributed by atoms with Crippen molar-refractivity contribution in [3.8, 4) is 11.8 Å². The van der Waals surface area contributed by atoms with Crippen LogP contribution in [0.3, 0.4) is 0 Å². The molecule has 1 heterocycles. The van der Waals surface area contributed by atoms with E-state index in [1.54, 1.807) is 6.07 Å². The summed E-state index contributed by atoms with van der Waals surface area (Å²) < 4.78 is 6.99. The maximum absolute atomic E-state index is 12.4. The molecular formula is C25H29ClN4O4. The summed E-state index contributed by atoms with van der Waals surface area (Å²) in [5.41, 5.74) is 2.54. The van der Waals surface area contributed by atoms with Gasteiger partial charge in [0.2, 0.25) is 5.91 Å². The molecule has 180 valence electrons. The summed E-state index contributed by atoms with van der Waals surface area (Å²) in [4.78, 5) is 37.8. The number of nitriles is 1. The van der Waals surface area contributed by atoms with Crippen LogP contribution in [0.1, 0.15) is 37.7 Å². The molecule has 0 radical (unpaired) electrons. The topological polar surface area (TPSA) is 104 Å². The summed E-state index contributed by atoms with van der Waals surface area (Å²) >= 11 is 6.11. The van der Waals surface area contributed by atoms with Gasteiger partial charge >= 0.3 is 5.97 Å². The van der Waals surface area contributed by atoms with Gasteiger partial charge in [0.05, 0.1) is 6.54 Å². The number of rotatable bonds is 7. The number of hydrogen-bond donors (Lipinski definition) is 1. The lowest BCUT2D eigenvalue weighted by atomic mass is 10.1. The van der Waals surface area contributed by atoms with Gasteiger partial charge in [-0.05, 0) is 70.5 Å². The van der Waals surface area contributed by atoms with Crippen molar-refractivity contribution in [3.05, 3.63) is 57.9 Å². The summed E-state index contributed by atoms with van der Waals surface area (Å²) in [6.45, 7) is 8.49. The maximum atomic E-state index is 12.4. The zero-order valence-corrected chi connectivity index (χ0v) is 21.0. The van der Waals surface area contributed by atoms with Crippen molar-refractivity contribution in [2.24, 2.45) is 0 Å². The number of aryl methyl sites for hydroxylation is 1. The molecule has 2 rings (SSSR count). The second-order valence-corrected chi connectivity index (χ2v) is 9.37. The van der Waals surface area contributed by atoms with Gasteiger partial charge in [0, 0.05) is 34.7 Å². The molecule has 0 unspecified atom stereocenters. The van der Waals surface area contributed by atoms with Crippen molar-refractivity contribution < 1.29 is 19.1 Å². The van der Waals surface area contributed by atoms with E-state index in [-0.39, 0.29) is 18.0 Å². The van der Waals surface area contributed by atoms with Crippen molar-refractivity contribution >= 4 is 35.5 Å². The van der Waals surface area contributed by atoms with Crippen molar-refractivity contribution in [3.63, 3.8) is 0 Å². The Morgan fingerprint density at radius 2 is 1.91 bits per heavy atom. The highest BCUT2D eigenvalue weighted by Gasteiger charge is 2.20. The van der Waals surface area contributed by atoms with Crippen LogP contribution in [-0.2, 0) is 19.1 Å². The lowest BCUT2D eigenvalue weighted by molar-refractivity contribution is -0.148. The number of amides is 2. The van der Waals surface area contributed by atoms with E-state index in [0.29, 0.717) is 10.6 Å². The molecule has 34 heavy (non-hydrogen) atoms. The monoisotopic (exact) mass is 484 g/mol. The van der Waals surface area contributed by atoms with E-state index in [4.69, 9.17) is 16.3 Å². The van der Waals surface area contributed by atoms with Crippen LogP contribution in [0.15, 0.2) is 35.9 Å². The molecule has 0 saturated heterocycles. The highest BCUT2D eigenvalue weighted by atomic mass is 35.5. The molecule has 1 aromatic carbocycles.